The van der Waals surface area contributed by atoms with E-state index in [4.69, 9.17) is 14.2 Å². The number of phenols is 1. The molecule has 1 saturated carbocycles. The molecular weight excluding hydrogens is 400 g/mol. The minimum Gasteiger partial charge on any atom is -0.508 e. The fourth-order valence-corrected chi connectivity index (χ4v) is 4.48. The minimum absolute atomic E-state index is 0.0636. The molecule has 0 spiro atoms. The Balaban J connectivity index is 1.69. The minimum atomic E-state index is -0.608. The van der Waals surface area contributed by atoms with Crippen LogP contribution in [0.5, 0.6) is 11.5 Å². The summed E-state index contributed by atoms with van der Waals surface area (Å²) in [5.74, 6) is -1.05. The molecule has 31 heavy (non-hydrogen) atoms. The van der Waals surface area contributed by atoms with Crippen LogP contribution >= 0.6 is 0 Å². The fourth-order valence-electron chi connectivity index (χ4n) is 4.48. The lowest BCUT2D eigenvalue weighted by Gasteiger charge is -2.61. The van der Waals surface area contributed by atoms with Gasteiger partial charge in [-0.2, -0.15) is 0 Å². The Bertz CT molecular complexity index is 972. The number of esters is 3. The van der Waals surface area contributed by atoms with Crippen molar-refractivity contribution < 1.29 is 33.7 Å². The normalized spacial score (nSPS) is 20.8. The van der Waals surface area contributed by atoms with Crippen LogP contribution in [0.15, 0.2) is 48.5 Å². The Morgan fingerprint density at radius 3 is 1.52 bits per heavy atom. The van der Waals surface area contributed by atoms with E-state index in [-0.39, 0.29) is 5.75 Å². The number of phenolic OH excluding ortho intramolecular Hbond substituents is 1. The number of benzene rings is 2. The second kappa shape index (κ2) is 8.06. The largest absolute Gasteiger partial charge is 0.508 e. The van der Waals surface area contributed by atoms with Gasteiger partial charge in [-0.1, -0.05) is 27.7 Å². The summed E-state index contributed by atoms with van der Waals surface area (Å²) < 4.78 is 16.5. The van der Waals surface area contributed by atoms with E-state index in [1.807, 2.05) is 27.7 Å². The van der Waals surface area contributed by atoms with Gasteiger partial charge in [0.25, 0.3) is 0 Å². The van der Waals surface area contributed by atoms with Crippen LogP contribution in [0.25, 0.3) is 0 Å². The predicted molar refractivity (Wildman–Crippen MR) is 112 cm³/mol. The summed E-state index contributed by atoms with van der Waals surface area (Å²) in [6.45, 7) is 8.83. The molecule has 7 nitrogen and oxygen atoms in total. The predicted octanol–water partition coefficient (Wildman–Crippen LogP) is 4.13. The Morgan fingerprint density at radius 1 is 0.742 bits per heavy atom. The number of hydrogen-bond acceptors (Lipinski definition) is 7. The van der Waals surface area contributed by atoms with Crippen LogP contribution in [0.4, 0.5) is 0 Å². The number of ether oxygens (including phenoxy) is 3. The van der Waals surface area contributed by atoms with Gasteiger partial charge in [0.15, 0.2) is 0 Å². The molecule has 0 radical (unpaired) electrons. The second-order valence-corrected chi connectivity index (χ2v) is 8.88. The number of rotatable bonds is 5. The maximum absolute atomic E-state index is 12.7. The first-order valence-electron chi connectivity index (χ1n) is 9.92. The molecule has 1 fully saturated rings. The number of hydrogen-bond donors (Lipinski definition) is 1. The third-order valence-electron chi connectivity index (χ3n) is 5.61. The highest BCUT2D eigenvalue weighted by Crippen LogP contribution is 2.57. The SMILES string of the molecule is CC(=O)Oc1ccc(C(=O)OC2C(C)(C)C(OC(=O)c3ccc(O)cc3)C2(C)C)cc1. The van der Waals surface area contributed by atoms with Crippen molar-refractivity contribution in [2.45, 2.75) is 46.8 Å². The Hall–Kier alpha value is -3.35. The highest BCUT2D eigenvalue weighted by molar-refractivity contribution is 5.90. The van der Waals surface area contributed by atoms with E-state index >= 15 is 0 Å². The zero-order chi connectivity index (χ0) is 23.0. The number of carbonyl (C=O) groups excluding carboxylic acids is 3. The van der Waals surface area contributed by atoms with Crippen molar-refractivity contribution in [3.8, 4) is 11.5 Å². The molecule has 3 rings (SSSR count). The van der Waals surface area contributed by atoms with Crippen molar-refractivity contribution in [1.29, 1.82) is 0 Å². The van der Waals surface area contributed by atoms with Crippen molar-refractivity contribution in [2.24, 2.45) is 10.8 Å². The van der Waals surface area contributed by atoms with Crippen LogP contribution < -0.4 is 4.74 Å². The van der Waals surface area contributed by atoms with E-state index < -0.39 is 40.9 Å². The molecule has 1 aliphatic rings. The Kier molecular flexibility index (Phi) is 5.81. The quantitative estimate of drug-likeness (QED) is 0.567. The molecule has 1 N–H and O–H groups in total. The first-order valence-corrected chi connectivity index (χ1v) is 9.92. The van der Waals surface area contributed by atoms with E-state index in [1.54, 1.807) is 0 Å². The van der Waals surface area contributed by atoms with Gasteiger partial charge in [0.1, 0.15) is 23.7 Å². The van der Waals surface area contributed by atoms with Crippen molar-refractivity contribution in [1.82, 2.24) is 0 Å². The van der Waals surface area contributed by atoms with Gasteiger partial charge in [0.2, 0.25) is 0 Å². The molecule has 0 unspecified atom stereocenters. The Morgan fingerprint density at radius 2 is 1.13 bits per heavy atom. The van der Waals surface area contributed by atoms with Crippen LogP contribution in [0.2, 0.25) is 0 Å². The lowest BCUT2D eigenvalue weighted by Crippen LogP contribution is -2.69. The van der Waals surface area contributed by atoms with Crippen LogP contribution in [-0.4, -0.2) is 35.2 Å². The topological polar surface area (TPSA) is 99.1 Å². The number of carbonyl (C=O) groups is 3. The van der Waals surface area contributed by atoms with Gasteiger partial charge in [-0.05, 0) is 48.5 Å². The molecule has 0 atom stereocenters. The molecule has 0 amide bonds. The third-order valence-corrected chi connectivity index (χ3v) is 5.61. The molecule has 2 aromatic rings. The lowest BCUT2D eigenvalue weighted by atomic mass is 9.51. The van der Waals surface area contributed by atoms with E-state index in [0.717, 1.165) is 0 Å². The summed E-state index contributed by atoms with van der Waals surface area (Å²) in [6.07, 6.45) is -0.969. The van der Waals surface area contributed by atoms with Crippen molar-refractivity contribution >= 4 is 17.9 Å². The fraction of sp³-hybridized carbons (Fsp3) is 0.375. The van der Waals surface area contributed by atoms with Gasteiger partial charge in [-0.25, -0.2) is 9.59 Å². The molecule has 7 heteroatoms. The molecule has 1 aliphatic carbocycles. The average Bonchev–Trinajstić information content (AvgIpc) is 2.70. The summed E-state index contributed by atoms with van der Waals surface area (Å²) in [7, 11) is 0. The van der Waals surface area contributed by atoms with E-state index in [1.165, 1.54) is 55.5 Å². The van der Waals surface area contributed by atoms with Crippen molar-refractivity contribution in [2.75, 3.05) is 0 Å². The zero-order valence-electron chi connectivity index (χ0n) is 18.2. The van der Waals surface area contributed by atoms with Crippen molar-refractivity contribution in [3.05, 3.63) is 59.7 Å². The average molecular weight is 426 g/mol. The van der Waals surface area contributed by atoms with Gasteiger partial charge >= 0.3 is 17.9 Å². The highest BCUT2D eigenvalue weighted by atomic mass is 16.6. The van der Waals surface area contributed by atoms with Crippen LogP contribution in [-0.2, 0) is 14.3 Å². The smallest absolute Gasteiger partial charge is 0.338 e. The summed E-state index contributed by atoms with van der Waals surface area (Å²) in [4.78, 5) is 36.2. The molecule has 0 aliphatic heterocycles. The van der Waals surface area contributed by atoms with Gasteiger partial charge in [-0.15, -0.1) is 0 Å². The second-order valence-electron chi connectivity index (χ2n) is 8.88. The first kappa shape index (κ1) is 22.3. The van der Waals surface area contributed by atoms with E-state index in [9.17, 15) is 19.5 Å². The molecule has 2 aromatic carbocycles. The van der Waals surface area contributed by atoms with Gasteiger partial charge < -0.3 is 19.3 Å². The standard InChI is InChI=1S/C24H26O7/c1-14(25)29-18-12-8-16(9-13-18)20(28)31-22-23(2,3)21(24(22,4)5)30-19(27)15-6-10-17(26)11-7-15/h6-13,21-22,26H,1-5H3. The molecule has 164 valence electrons. The summed E-state index contributed by atoms with van der Waals surface area (Å²) in [6, 6.07) is 11.9. The van der Waals surface area contributed by atoms with Crippen LogP contribution in [0.1, 0.15) is 55.3 Å². The maximum atomic E-state index is 12.7. The third kappa shape index (κ3) is 4.40. The molecule has 0 heterocycles. The molecule has 0 bridgehead atoms. The molecule has 0 saturated heterocycles. The summed E-state index contributed by atoms with van der Waals surface area (Å²) in [5.41, 5.74) is -0.558. The molecular formula is C24H26O7. The monoisotopic (exact) mass is 426 g/mol. The zero-order valence-corrected chi connectivity index (χ0v) is 18.2. The van der Waals surface area contributed by atoms with Crippen LogP contribution in [0.3, 0.4) is 0 Å². The number of aromatic hydroxyl groups is 1. The van der Waals surface area contributed by atoms with Crippen molar-refractivity contribution in [3.63, 3.8) is 0 Å². The molecule has 0 aromatic heterocycles. The maximum Gasteiger partial charge on any atom is 0.338 e. The first-order chi connectivity index (χ1) is 14.4. The van der Waals surface area contributed by atoms with Gasteiger partial charge in [0.05, 0.1) is 11.1 Å². The lowest BCUT2D eigenvalue weighted by molar-refractivity contribution is -0.246. The van der Waals surface area contributed by atoms with E-state index in [2.05, 4.69) is 0 Å². The summed E-state index contributed by atoms with van der Waals surface area (Å²) in [5, 5.41) is 9.39. The van der Waals surface area contributed by atoms with E-state index in [0.29, 0.717) is 16.9 Å². The van der Waals surface area contributed by atoms with Gasteiger partial charge in [-0.3, -0.25) is 4.79 Å². The van der Waals surface area contributed by atoms with Gasteiger partial charge in [0, 0.05) is 17.8 Å². The van der Waals surface area contributed by atoms with Crippen LogP contribution in [0, 0.1) is 10.8 Å². The Labute approximate surface area is 180 Å². The summed E-state index contributed by atoms with van der Waals surface area (Å²) >= 11 is 0. The highest BCUT2D eigenvalue weighted by Gasteiger charge is 2.66.